The molecule has 0 aliphatic carbocycles. The number of hydrogen-bond donors (Lipinski definition) is 3. The molecule has 0 aliphatic heterocycles. The number of nitrogens with one attached hydrogen (secondary N) is 2. The Morgan fingerprint density at radius 2 is 1.62 bits per heavy atom. The lowest BCUT2D eigenvalue weighted by atomic mass is 10.1. The van der Waals surface area contributed by atoms with Gasteiger partial charge in [0.2, 0.25) is 0 Å². The Hall–Kier alpha value is -5.51. The van der Waals surface area contributed by atoms with Gasteiger partial charge in [0.25, 0.3) is 11.6 Å². The standard InChI is InChI=1S/C30H25N5O5/c36-29(32-25(30(37)38)16-20-8-3-1-4-9-20)23-14-15-34-26(18-23)33-27(22-12-7-13-24(17-22)35(39)40)28(34)31-19-21-10-5-2-6-11-21/h1-15,17-18,25,31H,16,19H2,(H,32,36)(H,37,38). The van der Waals surface area contributed by atoms with E-state index >= 15 is 0 Å². The van der Waals surface area contributed by atoms with Crippen LogP contribution >= 0.6 is 0 Å². The van der Waals surface area contributed by atoms with Gasteiger partial charge in [-0.05, 0) is 23.3 Å². The van der Waals surface area contributed by atoms with Gasteiger partial charge < -0.3 is 15.7 Å². The molecule has 0 bridgehead atoms. The Labute approximate surface area is 229 Å². The van der Waals surface area contributed by atoms with E-state index in [2.05, 4.69) is 10.6 Å². The molecule has 1 amide bonds. The highest BCUT2D eigenvalue weighted by Crippen LogP contribution is 2.31. The number of fused-ring (bicyclic) bond motifs is 1. The summed E-state index contributed by atoms with van der Waals surface area (Å²) in [5, 5.41) is 27.1. The van der Waals surface area contributed by atoms with Crippen LogP contribution in [0.5, 0.6) is 0 Å². The first-order valence-corrected chi connectivity index (χ1v) is 12.5. The molecule has 3 N–H and O–H groups in total. The van der Waals surface area contributed by atoms with Crippen molar-refractivity contribution in [2.45, 2.75) is 19.0 Å². The number of carboxylic acid groups (broad SMARTS) is 1. The van der Waals surface area contributed by atoms with Crippen LogP contribution in [0.1, 0.15) is 21.5 Å². The van der Waals surface area contributed by atoms with Crippen molar-refractivity contribution in [1.29, 1.82) is 0 Å². The summed E-state index contributed by atoms with van der Waals surface area (Å²) in [7, 11) is 0. The number of carbonyl (C=O) groups excluding carboxylic acids is 1. The van der Waals surface area contributed by atoms with Crippen molar-refractivity contribution in [2.24, 2.45) is 0 Å². The number of amides is 1. The zero-order valence-corrected chi connectivity index (χ0v) is 21.2. The van der Waals surface area contributed by atoms with E-state index in [1.54, 1.807) is 47.0 Å². The highest BCUT2D eigenvalue weighted by atomic mass is 16.6. The number of benzene rings is 3. The third kappa shape index (κ3) is 5.81. The fraction of sp³-hybridized carbons (Fsp3) is 0.100. The number of nitrogens with zero attached hydrogens (tertiary/aromatic N) is 3. The topological polar surface area (TPSA) is 139 Å². The van der Waals surface area contributed by atoms with Crippen molar-refractivity contribution in [3.63, 3.8) is 0 Å². The molecule has 2 aromatic heterocycles. The first kappa shape index (κ1) is 26.1. The van der Waals surface area contributed by atoms with Gasteiger partial charge in [-0.2, -0.15) is 0 Å². The maximum atomic E-state index is 13.1. The first-order valence-electron chi connectivity index (χ1n) is 12.5. The van der Waals surface area contributed by atoms with E-state index in [9.17, 15) is 24.8 Å². The quantitative estimate of drug-likeness (QED) is 0.170. The second-order valence-electron chi connectivity index (χ2n) is 9.15. The average Bonchev–Trinajstić information content (AvgIpc) is 3.34. The summed E-state index contributed by atoms with van der Waals surface area (Å²) in [6.07, 6.45) is 1.80. The fourth-order valence-electron chi connectivity index (χ4n) is 4.40. The summed E-state index contributed by atoms with van der Waals surface area (Å²) in [6, 6.07) is 27.0. The molecule has 5 rings (SSSR count). The Morgan fingerprint density at radius 1 is 0.925 bits per heavy atom. The molecule has 10 heteroatoms. The number of rotatable bonds is 10. The highest BCUT2D eigenvalue weighted by molar-refractivity contribution is 5.97. The van der Waals surface area contributed by atoms with Crippen LogP contribution in [0, 0.1) is 10.1 Å². The largest absolute Gasteiger partial charge is 0.480 e. The number of carbonyl (C=O) groups is 2. The van der Waals surface area contributed by atoms with Crippen molar-refractivity contribution >= 4 is 29.0 Å². The van der Waals surface area contributed by atoms with Crippen LogP contribution in [-0.4, -0.2) is 37.3 Å². The van der Waals surface area contributed by atoms with Crippen molar-refractivity contribution < 1.29 is 19.6 Å². The minimum atomic E-state index is -1.14. The van der Waals surface area contributed by atoms with Gasteiger partial charge in [0.15, 0.2) is 0 Å². The van der Waals surface area contributed by atoms with Crippen molar-refractivity contribution in [2.75, 3.05) is 5.32 Å². The van der Waals surface area contributed by atoms with Crippen LogP contribution in [0.15, 0.2) is 103 Å². The van der Waals surface area contributed by atoms with E-state index in [0.717, 1.165) is 11.1 Å². The molecule has 0 fully saturated rings. The minimum Gasteiger partial charge on any atom is -0.480 e. The molecule has 0 aliphatic rings. The molecule has 5 aromatic rings. The van der Waals surface area contributed by atoms with Gasteiger partial charge in [0, 0.05) is 42.4 Å². The molecular weight excluding hydrogens is 510 g/mol. The van der Waals surface area contributed by atoms with E-state index in [0.29, 0.717) is 29.3 Å². The third-order valence-electron chi connectivity index (χ3n) is 6.41. The third-order valence-corrected chi connectivity index (χ3v) is 6.41. The van der Waals surface area contributed by atoms with E-state index < -0.39 is 22.8 Å². The number of aliphatic carboxylic acids is 1. The maximum absolute atomic E-state index is 13.1. The van der Waals surface area contributed by atoms with Crippen molar-refractivity contribution in [3.8, 4) is 11.3 Å². The molecule has 0 saturated heterocycles. The van der Waals surface area contributed by atoms with Crippen LogP contribution < -0.4 is 10.6 Å². The smallest absolute Gasteiger partial charge is 0.326 e. The normalized spacial score (nSPS) is 11.6. The number of hydrogen-bond acceptors (Lipinski definition) is 6. The van der Waals surface area contributed by atoms with Crippen LogP contribution in [-0.2, 0) is 17.8 Å². The number of pyridine rings is 1. The maximum Gasteiger partial charge on any atom is 0.326 e. The predicted octanol–water partition coefficient (Wildman–Crippen LogP) is 4.95. The number of nitro groups is 1. The molecule has 0 saturated carbocycles. The fourth-order valence-corrected chi connectivity index (χ4v) is 4.40. The van der Waals surface area contributed by atoms with Gasteiger partial charge in [0.05, 0.1) is 4.92 Å². The second kappa shape index (κ2) is 11.5. The van der Waals surface area contributed by atoms with Crippen LogP contribution in [0.25, 0.3) is 16.9 Å². The number of imidazole rings is 1. The predicted molar refractivity (Wildman–Crippen MR) is 150 cm³/mol. The van der Waals surface area contributed by atoms with Gasteiger partial charge in [-0.3, -0.25) is 19.3 Å². The molecule has 0 spiro atoms. The number of nitro benzene ring substituents is 1. The monoisotopic (exact) mass is 535 g/mol. The summed E-state index contributed by atoms with van der Waals surface area (Å²) >= 11 is 0. The molecule has 1 unspecified atom stereocenters. The lowest BCUT2D eigenvalue weighted by Crippen LogP contribution is -2.42. The summed E-state index contributed by atoms with van der Waals surface area (Å²) in [5.74, 6) is -1.09. The molecule has 0 radical (unpaired) electrons. The van der Waals surface area contributed by atoms with Gasteiger partial charge in [-0.15, -0.1) is 0 Å². The van der Waals surface area contributed by atoms with E-state index in [1.165, 1.54) is 12.1 Å². The van der Waals surface area contributed by atoms with E-state index in [-0.39, 0.29) is 17.7 Å². The molecule has 40 heavy (non-hydrogen) atoms. The number of aromatic nitrogens is 2. The lowest BCUT2D eigenvalue weighted by molar-refractivity contribution is -0.384. The summed E-state index contributed by atoms with van der Waals surface area (Å²) in [5.41, 5.74) is 3.41. The van der Waals surface area contributed by atoms with Crippen LogP contribution in [0.2, 0.25) is 0 Å². The zero-order chi connectivity index (χ0) is 28.1. The number of carboxylic acids is 1. The molecule has 2 heterocycles. The Balaban J connectivity index is 1.48. The zero-order valence-electron chi connectivity index (χ0n) is 21.2. The van der Waals surface area contributed by atoms with Crippen molar-refractivity contribution in [1.82, 2.24) is 14.7 Å². The molecule has 1 atom stereocenters. The SMILES string of the molecule is O=C(NC(Cc1ccccc1)C(=O)O)c1ccn2c(NCc3ccccc3)c(-c3cccc([N+](=O)[O-])c3)nc2c1. The van der Waals surface area contributed by atoms with Gasteiger partial charge in [0.1, 0.15) is 23.2 Å². The van der Waals surface area contributed by atoms with Gasteiger partial charge >= 0.3 is 5.97 Å². The number of anilines is 1. The summed E-state index contributed by atoms with van der Waals surface area (Å²) in [6.45, 7) is 0.471. The second-order valence-corrected chi connectivity index (χ2v) is 9.15. The summed E-state index contributed by atoms with van der Waals surface area (Å²) in [4.78, 5) is 40.6. The molecule has 200 valence electrons. The van der Waals surface area contributed by atoms with Crippen LogP contribution in [0.3, 0.4) is 0 Å². The lowest BCUT2D eigenvalue weighted by Gasteiger charge is -2.15. The minimum absolute atomic E-state index is 0.0678. The van der Waals surface area contributed by atoms with Gasteiger partial charge in [-0.25, -0.2) is 9.78 Å². The van der Waals surface area contributed by atoms with Crippen LogP contribution in [0.4, 0.5) is 11.5 Å². The Morgan fingerprint density at radius 3 is 2.30 bits per heavy atom. The highest BCUT2D eigenvalue weighted by Gasteiger charge is 2.23. The van der Waals surface area contributed by atoms with E-state index in [1.807, 2.05) is 48.5 Å². The first-order chi connectivity index (χ1) is 19.4. The summed E-state index contributed by atoms with van der Waals surface area (Å²) < 4.78 is 1.76. The molecule has 10 nitrogen and oxygen atoms in total. The Bertz CT molecular complexity index is 1690. The van der Waals surface area contributed by atoms with Crippen molar-refractivity contribution in [3.05, 3.63) is 130 Å². The molecular formula is C30H25N5O5. The van der Waals surface area contributed by atoms with E-state index in [4.69, 9.17) is 4.98 Å². The number of non-ortho nitro benzene ring substituents is 1. The Kier molecular flexibility index (Phi) is 7.49. The van der Waals surface area contributed by atoms with Gasteiger partial charge in [-0.1, -0.05) is 72.8 Å². The molecule has 3 aromatic carbocycles. The average molecular weight is 536 g/mol.